The number of methoxy groups -OCH3 is 1. The van der Waals surface area contributed by atoms with Gasteiger partial charge in [-0.15, -0.1) is 0 Å². The fourth-order valence-corrected chi connectivity index (χ4v) is 5.48. The molecule has 0 bridgehead atoms. The number of alkyl halides is 3. The van der Waals surface area contributed by atoms with E-state index in [2.05, 4.69) is 10.6 Å². The first kappa shape index (κ1) is 27.7. The third kappa shape index (κ3) is 5.43. The zero-order valence-corrected chi connectivity index (χ0v) is 20.6. The van der Waals surface area contributed by atoms with E-state index in [-0.39, 0.29) is 36.1 Å². The van der Waals surface area contributed by atoms with Crippen molar-refractivity contribution in [3.63, 3.8) is 0 Å². The average Bonchev–Trinajstić information content (AvgIpc) is 3.15. The Morgan fingerprint density at radius 1 is 1.31 bits per heavy atom. The summed E-state index contributed by atoms with van der Waals surface area (Å²) >= 11 is 0. The molecule has 1 saturated carbocycles. The lowest BCUT2D eigenvalue weighted by atomic mass is 9.91. The fourth-order valence-electron chi connectivity index (χ4n) is 5.48. The van der Waals surface area contributed by atoms with Crippen molar-refractivity contribution < 1.29 is 37.1 Å². The van der Waals surface area contributed by atoms with Gasteiger partial charge in [-0.25, -0.2) is 0 Å². The van der Waals surface area contributed by atoms with Crippen LogP contribution in [0.1, 0.15) is 40.0 Å². The molecule has 10 nitrogen and oxygen atoms in total. The second-order valence-electron chi connectivity index (χ2n) is 10.3. The normalized spacial score (nSPS) is 29.2. The van der Waals surface area contributed by atoms with Crippen molar-refractivity contribution in [2.75, 3.05) is 20.2 Å². The van der Waals surface area contributed by atoms with E-state index < -0.39 is 54.0 Å². The van der Waals surface area contributed by atoms with Crippen molar-refractivity contribution in [3.05, 3.63) is 0 Å². The minimum atomic E-state index is -5.21. The highest BCUT2D eigenvalue weighted by molar-refractivity contribution is 5.95. The maximum atomic E-state index is 13.4. The Balaban J connectivity index is 1.79. The summed E-state index contributed by atoms with van der Waals surface area (Å²) in [5.41, 5.74) is -0.290. The fraction of sp³-hybridized carbons (Fsp3) is 0.783. The summed E-state index contributed by atoms with van der Waals surface area (Å²) in [6, 6.07) is -1.70. The molecule has 0 spiro atoms. The monoisotopic (exact) mass is 515 g/mol. The van der Waals surface area contributed by atoms with Gasteiger partial charge in [0, 0.05) is 26.1 Å². The Labute approximate surface area is 207 Å². The Kier molecular flexibility index (Phi) is 7.88. The number of amides is 4. The Hall–Kier alpha value is -2.88. The number of carbonyl (C=O) groups is 4. The SMILES string of the molecule is COC(C)C(NC(=O)C(F)(F)F)C(=O)N1CC2C(C1C(=O)NC(C#N)CC1CCCNC1=O)C2(C)C. The number of fused-ring (bicyclic) bond motifs is 1. The molecule has 1 aliphatic carbocycles. The van der Waals surface area contributed by atoms with Crippen LogP contribution in [0, 0.1) is 34.5 Å². The smallest absolute Gasteiger partial charge is 0.379 e. The molecule has 2 heterocycles. The predicted molar refractivity (Wildman–Crippen MR) is 119 cm³/mol. The predicted octanol–water partition coefficient (Wildman–Crippen LogP) is 0.476. The number of carbonyl (C=O) groups excluding carboxylic acids is 4. The van der Waals surface area contributed by atoms with E-state index in [0.717, 1.165) is 6.42 Å². The zero-order chi connectivity index (χ0) is 27.0. The maximum Gasteiger partial charge on any atom is 0.471 e. The number of nitrogens with zero attached hydrogens (tertiary/aromatic N) is 2. The topological polar surface area (TPSA) is 141 Å². The molecule has 4 amide bonds. The molecule has 3 aliphatic rings. The molecule has 7 atom stereocenters. The summed E-state index contributed by atoms with van der Waals surface area (Å²) in [7, 11) is 1.19. The number of piperidine rings is 2. The number of nitrogens with one attached hydrogen (secondary N) is 3. The number of hydrogen-bond acceptors (Lipinski definition) is 6. The third-order valence-electron chi connectivity index (χ3n) is 7.80. The quantitative estimate of drug-likeness (QED) is 0.430. The van der Waals surface area contributed by atoms with Gasteiger partial charge in [0.1, 0.15) is 18.1 Å². The molecule has 2 saturated heterocycles. The Bertz CT molecular complexity index is 949. The van der Waals surface area contributed by atoms with Gasteiger partial charge in [0.2, 0.25) is 17.7 Å². The highest BCUT2D eigenvalue weighted by atomic mass is 19.4. The van der Waals surface area contributed by atoms with Crippen molar-refractivity contribution in [1.82, 2.24) is 20.9 Å². The molecule has 13 heteroatoms. The summed E-state index contributed by atoms with van der Waals surface area (Å²) in [5.74, 6) is -4.73. The van der Waals surface area contributed by atoms with Crippen molar-refractivity contribution in [3.8, 4) is 6.07 Å². The number of rotatable bonds is 8. The van der Waals surface area contributed by atoms with Crippen LogP contribution in [0.2, 0.25) is 0 Å². The standard InChI is InChI=1S/C23H32F3N5O5/c1-11(36-4)16(30-21(35)23(24,25)26)20(34)31-10-14-15(22(14,2)3)17(31)19(33)29-13(9-27)8-12-6-5-7-28-18(12)32/h11-17H,5-8,10H2,1-4H3,(H,28,32)(H,29,33)(H,30,35). The van der Waals surface area contributed by atoms with Crippen LogP contribution in [-0.2, 0) is 23.9 Å². The van der Waals surface area contributed by atoms with Crippen LogP contribution in [0.5, 0.6) is 0 Å². The first-order valence-corrected chi connectivity index (χ1v) is 11.9. The lowest BCUT2D eigenvalue weighted by Gasteiger charge is -2.35. The molecule has 36 heavy (non-hydrogen) atoms. The number of ether oxygens (including phenoxy) is 1. The van der Waals surface area contributed by atoms with Gasteiger partial charge in [-0.3, -0.25) is 19.2 Å². The van der Waals surface area contributed by atoms with Gasteiger partial charge in [-0.2, -0.15) is 18.4 Å². The number of hydrogen-bond donors (Lipinski definition) is 3. The molecule has 2 aliphatic heterocycles. The van der Waals surface area contributed by atoms with Gasteiger partial charge in [-0.05, 0) is 43.4 Å². The Morgan fingerprint density at radius 3 is 2.53 bits per heavy atom. The summed E-state index contributed by atoms with van der Waals surface area (Å²) < 4.78 is 43.7. The van der Waals surface area contributed by atoms with Crippen LogP contribution in [0.25, 0.3) is 0 Å². The van der Waals surface area contributed by atoms with E-state index in [1.165, 1.54) is 18.9 Å². The Morgan fingerprint density at radius 2 is 1.97 bits per heavy atom. The van der Waals surface area contributed by atoms with Crippen LogP contribution >= 0.6 is 0 Å². The largest absolute Gasteiger partial charge is 0.471 e. The van der Waals surface area contributed by atoms with Crippen molar-refractivity contribution in [2.45, 2.75) is 70.4 Å². The molecular formula is C23H32F3N5O5. The molecule has 0 aromatic carbocycles. The average molecular weight is 516 g/mol. The maximum absolute atomic E-state index is 13.4. The van der Waals surface area contributed by atoms with Crippen molar-refractivity contribution >= 4 is 23.6 Å². The van der Waals surface area contributed by atoms with Gasteiger partial charge in [0.05, 0.1) is 12.2 Å². The van der Waals surface area contributed by atoms with Crippen LogP contribution in [0.4, 0.5) is 13.2 Å². The van der Waals surface area contributed by atoms with E-state index in [1.54, 1.807) is 5.32 Å². The summed E-state index contributed by atoms with van der Waals surface area (Å²) in [4.78, 5) is 51.6. The van der Waals surface area contributed by atoms with E-state index in [0.29, 0.717) is 13.0 Å². The van der Waals surface area contributed by atoms with Gasteiger partial charge in [-0.1, -0.05) is 13.8 Å². The van der Waals surface area contributed by atoms with Crippen molar-refractivity contribution in [1.29, 1.82) is 5.26 Å². The highest BCUT2D eigenvalue weighted by Gasteiger charge is 2.69. The number of nitriles is 1. The van der Waals surface area contributed by atoms with E-state index in [9.17, 15) is 37.6 Å². The second-order valence-corrected chi connectivity index (χ2v) is 10.3. The minimum absolute atomic E-state index is 0.0707. The van der Waals surface area contributed by atoms with Crippen molar-refractivity contribution in [2.24, 2.45) is 23.2 Å². The molecule has 0 aromatic heterocycles. The van der Waals surface area contributed by atoms with Gasteiger partial charge < -0.3 is 25.6 Å². The molecule has 200 valence electrons. The number of halogens is 3. The number of likely N-dealkylation sites (tertiary alicyclic amines) is 1. The third-order valence-corrected chi connectivity index (χ3v) is 7.80. The van der Waals surface area contributed by atoms with Gasteiger partial charge >= 0.3 is 12.1 Å². The molecule has 0 aromatic rings. The lowest BCUT2D eigenvalue weighted by molar-refractivity contribution is -0.176. The molecule has 7 unspecified atom stereocenters. The van der Waals surface area contributed by atoms with E-state index in [1.807, 2.05) is 19.9 Å². The first-order valence-electron chi connectivity index (χ1n) is 11.9. The van der Waals surface area contributed by atoms with Crippen LogP contribution in [-0.4, -0.2) is 79.1 Å². The highest BCUT2D eigenvalue weighted by Crippen LogP contribution is 2.65. The van der Waals surface area contributed by atoms with E-state index >= 15 is 0 Å². The summed E-state index contributed by atoms with van der Waals surface area (Å²) in [6.45, 7) is 5.88. The van der Waals surface area contributed by atoms with Gasteiger partial charge in [0.25, 0.3) is 0 Å². The van der Waals surface area contributed by atoms with Crippen LogP contribution in [0.15, 0.2) is 0 Å². The molecule has 3 fully saturated rings. The molecule has 3 rings (SSSR count). The van der Waals surface area contributed by atoms with Crippen LogP contribution in [0.3, 0.4) is 0 Å². The molecule has 3 N–H and O–H groups in total. The first-order chi connectivity index (χ1) is 16.7. The lowest BCUT2D eigenvalue weighted by Crippen LogP contribution is -2.60. The summed E-state index contributed by atoms with van der Waals surface area (Å²) in [6.07, 6.45) is -4.86. The summed E-state index contributed by atoms with van der Waals surface area (Å²) in [5, 5.41) is 16.7. The second kappa shape index (κ2) is 10.2. The van der Waals surface area contributed by atoms with E-state index in [4.69, 9.17) is 4.74 Å². The minimum Gasteiger partial charge on any atom is -0.379 e. The molecule has 0 radical (unpaired) electrons. The van der Waals surface area contributed by atoms with Crippen LogP contribution < -0.4 is 16.0 Å². The zero-order valence-electron chi connectivity index (χ0n) is 20.6. The molecular weight excluding hydrogens is 483 g/mol. The van der Waals surface area contributed by atoms with Gasteiger partial charge in [0.15, 0.2) is 0 Å².